The first kappa shape index (κ1) is 27.8. The number of fused-ring (bicyclic) bond motifs is 1. The number of nitrogens with one attached hydrogen (secondary N) is 2. The molecular formula is C34H25F2N7O2. The fourth-order valence-electron chi connectivity index (χ4n) is 5.40. The van der Waals surface area contributed by atoms with Crippen molar-refractivity contribution in [2.24, 2.45) is 0 Å². The van der Waals surface area contributed by atoms with Gasteiger partial charge < -0.3 is 15.5 Å². The molecule has 6 aromatic rings. The molecule has 0 aliphatic carbocycles. The second kappa shape index (κ2) is 11.6. The fourth-order valence-corrected chi connectivity index (χ4v) is 5.40. The first-order valence-corrected chi connectivity index (χ1v) is 14.3. The second-order valence-electron chi connectivity index (χ2n) is 10.5. The number of hydrogen-bond acceptors (Lipinski definition) is 6. The topological polar surface area (TPSA) is 105 Å². The van der Waals surface area contributed by atoms with Crippen molar-refractivity contribution in [2.45, 2.75) is 12.8 Å². The highest BCUT2D eigenvalue weighted by Gasteiger charge is 2.22. The third-order valence-corrected chi connectivity index (χ3v) is 7.53. The van der Waals surface area contributed by atoms with Crippen LogP contribution < -0.4 is 15.5 Å². The van der Waals surface area contributed by atoms with E-state index in [4.69, 9.17) is 10.1 Å². The van der Waals surface area contributed by atoms with Crippen molar-refractivity contribution >= 4 is 40.3 Å². The lowest BCUT2D eigenvalue weighted by Gasteiger charge is -2.16. The van der Waals surface area contributed by atoms with E-state index in [1.807, 2.05) is 54.7 Å². The van der Waals surface area contributed by atoms with Crippen molar-refractivity contribution in [3.05, 3.63) is 121 Å². The highest BCUT2D eigenvalue weighted by Crippen LogP contribution is 2.35. The van der Waals surface area contributed by atoms with Crippen molar-refractivity contribution < 1.29 is 18.4 Å². The highest BCUT2D eigenvalue weighted by atomic mass is 19.1. The summed E-state index contributed by atoms with van der Waals surface area (Å²) in [6.07, 6.45) is 4.91. The molecule has 3 aromatic heterocycles. The van der Waals surface area contributed by atoms with Crippen LogP contribution in [-0.4, -0.2) is 37.9 Å². The van der Waals surface area contributed by atoms with E-state index >= 15 is 0 Å². The van der Waals surface area contributed by atoms with E-state index in [9.17, 15) is 18.4 Å². The number of carbonyl (C=O) groups excluding carboxylic acids is 2. The Bertz CT molecular complexity index is 2080. The number of pyridine rings is 1. The van der Waals surface area contributed by atoms with E-state index in [-0.39, 0.29) is 5.91 Å². The number of rotatable bonds is 7. The minimum atomic E-state index is -0.821. The van der Waals surface area contributed by atoms with Crippen LogP contribution in [-0.2, 0) is 4.79 Å². The Hall–Kier alpha value is -5.97. The van der Waals surface area contributed by atoms with Gasteiger partial charge in [0.05, 0.1) is 22.3 Å². The van der Waals surface area contributed by atoms with Crippen molar-refractivity contribution in [2.75, 3.05) is 22.1 Å². The smallest absolute Gasteiger partial charge is 0.258 e. The zero-order valence-corrected chi connectivity index (χ0v) is 23.7. The Labute approximate surface area is 256 Å². The van der Waals surface area contributed by atoms with E-state index in [0.717, 1.165) is 53.6 Å². The molecule has 2 amide bonds. The first-order chi connectivity index (χ1) is 21.9. The zero-order valence-electron chi connectivity index (χ0n) is 23.7. The third kappa shape index (κ3) is 5.58. The molecule has 11 heteroatoms. The first-order valence-electron chi connectivity index (χ1n) is 14.3. The number of benzene rings is 3. The number of halogens is 2. The Morgan fingerprint density at radius 2 is 1.76 bits per heavy atom. The van der Waals surface area contributed by atoms with Crippen LogP contribution in [0.15, 0.2) is 103 Å². The molecule has 0 radical (unpaired) electrons. The van der Waals surface area contributed by atoms with E-state index < -0.39 is 23.1 Å². The largest absolute Gasteiger partial charge is 0.324 e. The van der Waals surface area contributed by atoms with Crippen LogP contribution in [0.4, 0.5) is 31.8 Å². The minimum absolute atomic E-state index is 0.129. The molecule has 1 aliphatic rings. The van der Waals surface area contributed by atoms with E-state index in [0.29, 0.717) is 35.0 Å². The summed E-state index contributed by atoms with van der Waals surface area (Å²) in [5.74, 6) is -1.80. The number of anilines is 4. The quantitative estimate of drug-likeness (QED) is 0.207. The van der Waals surface area contributed by atoms with Crippen molar-refractivity contribution in [1.29, 1.82) is 0 Å². The summed E-state index contributed by atoms with van der Waals surface area (Å²) in [7, 11) is 0. The zero-order chi connectivity index (χ0) is 30.9. The summed E-state index contributed by atoms with van der Waals surface area (Å²) in [5.41, 5.74) is 5.03. The molecule has 4 heterocycles. The number of carbonyl (C=O) groups is 2. The molecule has 9 nitrogen and oxygen atoms in total. The molecule has 0 atom stereocenters. The molecule has 0 spiro atoms. The lowest BCUT2D eigenvalue weighted by atomic mass is 10.0. The van der Waals surface area contributed by atoms with Crippen LogP contribution in [0.2, 0.25) is 0 Å². The number of aromatic nitrogens is 4. The summed E-state index contributed by atoms with van der Waals surface area (Å²) in [6.45, 7) is 0.722. The molecule has 0 bridgehead atoms. The van der Waals surface area contributed by atoms with Gasteiger partial charge in [-0.25, -0.2) is 23.3 Å². The number of nitrogens with zero attached hydrogens (tertiary/aromatic N) is 5. The maximum atomic E-state index is 14.2. The molecule has 222 valence electrons. The third-order valence-electron chi connectivity index (χ3n) is 7.53. The van der Waals surface area contributed by atoms with E-state index in [1.54, 1.807) is 39.9 Å². The van der Waals surface area contributed by atoms with Crippen LogP contribution in [0.25, 0.3) is 28.0 Å². The molecule has 1 saturated heterocycles. The fraction of sp³-hybridized carbons (Fsp3) is 0.0882. The molecule has 7 rings (SSSR count). The highest BCUT2D eigenvalue weighted by molar-refractivity contribution is 6.05. The molecule has 2 N–H and O–H groups in total. The summed E-state index contributed by atoms with van der Waals surface area (Å²) in [6, 6.07) is 24.7. The maximum absolute atomic E-state index is 14.2. The van der Waals surface area contributed by atoms with Crippen molar-refractivity contribution in [3.63, 3.8) is 0 Å². The van der Waals surface area contributed by atoms with Gasteiger partial charge in [-0.05, 0) is 79.2 Å². The normalized spacial score (nSPS) is 12.9. The molecular weight excluding hydrogens is 576 g/mol. The standard InChI is InChI=1S/C34H25F2N7O2/c35-22-9-14-27(36)26(20-22)33(45)38-24-6-3-5-21(19-24)32-31(29-7-1-2-18-43(29)41-32)28-15-16-37-34(40-28)39-23-10-12-25(13-11-23)42-17-4-8-30(42)44/h1-3,5-7,9-16,18-20H,4,8,17H2,(H,38,45)(H,37,39,40). The van der Waals surface area contributed by atoms with E-state index in [1.165, 1.54) is 0 Å². The predicted molar refractivity (Wildman–Crippen MR) is 167 cm³/mol. The van der Waals surface area contributed by atoms with Crippen LogP contribution in [0.3, 0.4) is 0 Å². The van der Waals surface area contributed by atoms with Crippen molar-refractivity contribution in [3.8, 4) is 22.5 Å². The Morgan fingerprint density at radius 3 is 2.58 bits per heavy atom. The molecule has 45 heavy (non-hydrogen) atoms. The summed E-state index contributed by atoms with van der Waals surface area (Å²) >= 11 is 0. The Kier molecular flexibility index (Phi) is 7.18. The molecule has 1 aliphatic heterocycles. The monoisotopic (exact) mass is 601 g/mol. The summed E-state index contributed by atoms with van der Waals surface area (Å²) in [4.78, 5) is 35.9. The lowest BCUT2D eigenvalue weighted by molar-refractivity contribution is -0.117. The van der Waals surface area contributed by atoms with Crippen LogP contribution >= 0.6 is 0 Å². The molecule has 0 unspecified atom stereocenters. The van der Waals surface area contributed by atoms with Gasteiger partial charge in [0.2, 0.25) is 11.9 Å². The molecule has 3 aromatic carbocycles. The maximum Gasteiger partial charge on any atom is 0.258 e. The summed E-state index contributed by atoms with van der Waals surface area (Å²) < 4.78 is 29.7. The van der Waals surface area contributed by atoms with Gasteiger partial charge in [-0.15, -0.1) is 0 Å². The summed E-state index contributed by atoms with van der Waals surface area (Å²) in [5, 5.41) is 10.7. The molecule has 0 saturated carbocycles. The van der Waals surface area contributed by atoms with Gasteiger partial charge in [-0.3, -0.25) is 9.59 Å². The van der Waals surface area contributed by atoms with Gasteiger partial charge in [-0.1, -0.05) is 18.2 Å². The Morgan fingerprint density at radius 1 is 0.889 bits per heavy atom. The van der Waals surface area contributed by atoms with Gasteiger partial charge in [0.15, 0.2) is 0 Å². The van der Waals surface area contributed by atoms with Gasteiger partial charge in [0.1, 0.15) is 17.3 Å². The van der Waals surface area contributed by atoms with Gasteiger partial charge in [0, 0.05) is 48.0 Å². The SMILES string of the molecule is O=C(Nc1cccc(-c2nn3ccccc3c2-c2ccnc(Nc3ccc(N4CCCC4=O)cc3)n2)c1)c1cc(F)ccc1F. The Balaban J connectivity index is 1.20. The van der Waals surface area contributed by atoms with Crippen LogP contribution in [0.5, 0.6) is 0 Å². The van der Waals surface area contributed by atoms with Crippen LogP contribution in [0.1, 0.15) is 23.2 Å². The van der Waals surface area contributed by atoms with Crippen molar-refractivity contribution in [1.82, 2.24) is 19.6 Å². The van der Waals surface area contributed by atoms with E-state index in [2.05, 4.69) is 15.6 Å². The number of amides is 2. The van der Waals surface area contributed by atoms with Gasteiger partial charge >= 0.3 is 0 Å². The second-order valence-corrected chi connectivity index (χ2v) is 10.5. The minimum Gasteiger partial charge on any atom is -0.324 e. The molecule has 1 fully saturated rings. The van der Waals surface area contributed by atoms with Crippen LogP contribution in [0, 0.1) is 11.6 Å². The average Bonchev–Trinajstić information content (AvgIpc) is 3.66. The predicted octanol–water partition coefficient (Wildman–Crippen LogP) is 6.86. The lowest BCUT2D eigenvalue weighted by Crippen LogP contribution is -2.23. The van der Waals surface area contributed by atoms with Gasteiger partial charge in [-0.2, -0.15) is 5.10 Å². The van der Waals surface area contributed by atoms with Gasteiger partial charge in [0.25, 0.3) is 5.91 Å². The number of hydrogen-bond donors (Lipinski definition) is 2. The average molecular weight is 602 g/mol.